The Morgan fingerprint density at radius 3 is 2.21 bits per heavy atom. The van der Waals surface area contributed by atoms with E-state index in [1.165, 1.54) is 0 Å². The van der Waals surface area contributed by atoms with E-state index in [4.69, 9.17) is 16.3 Å². The van der Waals surface area contributed by atoms with Gasteiger partial charge in [-0.15, -0.1) is 0 Å². The van der Waals surface area contributed by atoms with E-state index < -0.39 is 5.24 Å². The Kier molecular flexibility index (Phi) is 4.23. The van der Waals surface area contributed by atoms with Crippen LogP contribution in [0.3, 0.4) is 0 Å². The molecule has 0 saturated heterocycles. The number of carbonyl (C=O) groups excluding carboxylic acids is 1. The van der Waals surface area contributed by atoms with Crippen molar-refractivity contribution in [3.05, 3.63) is 64.7 Å². The zero-order valence-corrected chi connectivity index (χ0v) is 11.7. The number of aryl methyl sites for hydroxylation is 2. The number of hydrogen-bond acceptors (Lipinski definition) is 2. The summed E-state index contributed by atoms with van der Waals surface area (Å²) in [5, 5.41) is -0.444. The normalized spacial score (nSPS) is 10.3. The maximum absolute atomic E-state index is 11.2. The van der Waals surface area contributed by atoms with E-state index in [1.54, 1.807) is 12.1 Å². The lowest BCUT2D eigenvalue weighted by Gasteiger charge is -2.13. The molecule has 0 aliphatic heterocycles. The molecule has 0 atom stereocenters. The number of ether oxygens (including phenoxy) is 1. The molecule has 0 aliphatic carbocycles. The molecule has 0 aromatic heterocycles. The van der Waals surface area contributed by atoms with Gasteiger partial charge < -0.3 is 4.74 Å². The predicted molar refractivity (Wildman–Crippen MR) is 76.9 cm³/mol. The highest BCUT2D eigenvalue weighted by atomic mass is 35.5. The molecule has 0 unspecified atom stereocenters. The highest BCUT2D eigenvalue weighted by Gasteiger charge is 2.10. The molecule has 0 radical (unpaired) electrons. The highest BCUT2D eigenvalue weighted by Crippen LogP contribution is 2.26. The van der Waals surface area contributed by atoms with Crippen LogP contribution in [-0.4, -0.2) is 5.24 Å². The summed E-state index contributed by atoms with van der Waals surface area (Å²) in [6.07, 6.45) is 0. The quantitative estimate of drug-likeness (QED) is 0.779. The van der Waals surface area contributed by atoms with Gasteiger partial charge in [0.2, 0.25) is 0 Å². The van der Waals surface area contributed by atoms with Crippen molar-refractivity contribution in [3.8, 4) is 5.75 Å². The Morgan fingerprint density at radius 1 is 1.11 bits per heavy atom. The van der Waals surface area contributed by atoms with Crippen molar-refractivity contribution < 1.29 is 9.53 Å². The number of hydrogen-bond donors (Lipinski definition) is 0. The van der Waals surface area contributed by atoms with Gasteiger partial charge in [0.1, 0.15) is 12.4 Å². The lowest BCUT2D eigenvalue weighted by atomic mass is 10.1. The third-order valence-corrected chi connectivity index (χ3v) is 3.13. The molecule has 2 rings (SSSR count). The van der Waals surface area contributed by atoms with Crippen LogP contribution >= 0.6 is 11.6 Å². The predicted octanol–water partition coefficient (Wildman–Crippen LogP) is 4.26. The molecule has 0 saturated carbocycles. The van der Waals surface area contributed by atoms with E-state index in [0.29, 0.717) is 12.2 Å². The summed E-state index contributed by atoms with van der Waals surface area (Å²) in [4.78, 5) is 11.2. The fraction of sp³-hybridized carbons (Fsp3) is 0.188. The molecule has 0 aliphatic rings. The second-order valence-electron chi connectivity index (χ2n) is 4.49. The number of benzene rings is 2. The summed E-state index contributed by atoms with van der Waals surface area (Å²) in [5.41, 5.74) is 3.45. The Bertz CT molecular complexity index is 568. The van der Waals surface area contributed by atoms with Crippen LogP contribution in [-0.2, 0) is 6.61 Å². The smallest absolute Gasteiger partial charge is 0.252 e. The summed E-state index contributed by atoms with van der Waals surface area (Å²) < 4.78 is 5.83. The third-order valence-electron chi connectivity index (χ3n) is 2.91. The summed E-state index contributed by atoms with van der Waals surface area (Å²) in [5.74, 6) is 0.811. The molecule has 2 aromatic rings. The molecule has 3 heteroatoms. The zero-order valence-electron chi connectivity index (χ0n) is 10.9. The van der Waals surface area contributed by atoms with E-state index in [1.807, 2.05) is 44.2 Å². The van der Waals surface area contributed by atoms with Crippen molar-refractivity contribution in [1.82, 2.24) is 0 Å². The molecule has 0 spiro atoms. The second kappa shape index (κ2) is 5.89. The first-order valence-corrected chi connectivity index (χ1v) is 6.43. The lowest BCUT2D eigenvalue weighted by molar-refractivity contribution is 0.108. The van der Waals surface area contributed by atoms with Crippen molar-refractivity contribution in [2.24, 2.45) is 0 Å². The average molecular weight is 275 g/mol. The van der Waals surface area contributed by atoms with Crippen molar-refractivity contribution in [3.63, 3.8) is 0 Å². The number of carbonyl (C=O) groups is 1. The summed E-state index contributed by atoms with van der Waals surface area (Å²) in [6.45, 7) is 4.34. The van der Waals surface area contributed by atoms with Gasteiger partial charge in [-0.05, 0) is 54.3 Å². The molecule has 0 N–H and O–H groups in total. The van der Waals surface area contributed by atoms with Gasteiger partial charge in [0, 0.05) is 5.56 Å². The maximum atomic E-state index is 11.2. The average Bonchev–Trinajstić information content (AvgIpc) is 2.38. The minimum atomic E-state index is -0.444. The van der Waals surface area contributed by atoms with Crippen molar-refractivity contribution in [2.75, 3.05) is 0 Å². The zero-order chi connectivity index (χ0) is 13.8. The monoisotopic (exact) mass is 274 g/mol. The SMILES string of the molecule is Cc1cc(C(=O)Cl)cc(C)c1OCc1ccccc1. The van der Waals surface area contributed by atoms with E-state index >= 15 is 0 Å². The van der Waals surface area contributed by atoms with Crippen LogP contribution in [0.1, 0.15) is 27.0 Å². The summed E-state index contributed by atoms with van der Waals surface area (Å²) in [6, 6.07) is 13.5. The van der Waals surface area contributed by atoms with Crippen LogP contribution in [0, 0.1) is 13.8 Å². The summed E-state index contributed by atoms with van der Waals surface area (Å²) in [7, 11) is 0. The van der Waals surface area contributed by atoms with Crippen LogP contribution in [0.15, 0.2) is 42.5 Å². The van der Waals surface area contributed by atoms with Gasteiger partial charge >= 0.3 is 0 Å². The largest absolute Gasteiger partial charge is 0.488 e. The lowest BCUT2D eigenvalue weighted by Crippen LogP contribution is -2.01. The molecule has 0 amide bonds. The fourth-order valence-corrected chi connectivity index (χ4v) is 2.13. The van der Waals surface area contributed by atoms with E-state index in [0.717, 1.165) is 22.4 Å². The van der Waals surface area contributed by atoms with Crippen LogP contribution < -0.4 is 4.74 Å². The van der Waals surface area contributed by atoms with Gasteiger partial charge in [-0.3, -0.25) is 4.79 Å². The van der Waals surface area contributed by atoms with Gasteiger partial charge in [0.15, 0.2) is 0 Å². The van der Waals surface area contributed by atoms with Crippen LogP contribution in [0.25, 0.3) is 0 Å². The Balaban J connectivity index is 2.19. The van der Waals surface area contributed by atoms with Crippen LogP contribution in [0.4, 0.5) is 0 Å². The van der Waals surface area contributed by atoms with Crippen molar-refractivity contribution >= 4 is 16.8 Å². The minimum absolute atomic E-state index is 0.444. The Hall–Kier alpha value is -1.80. The fourth-order valence-electron chi connectivity index (χ4n) is 2.02. The topological polar surface area (TPSA) is 26.3 Å². The molecule has 0 fully saturated rings. The maximum Gasteiger partial charge on any atom is 0.252 e. The number of halogens is 1. The minimum Gasteiger partial charge on any atom is -0.488 e. The van der Waals surface area contributed by atoms with E-state index in [9.17, 15) is 4.79 Å². The first-order valence-electron chi connectivity index (χ1n) is 6.05. The molecule has 2 nitrogen and oxygen atoms in total. The molecular formula is C16H15ClO2. The van der Waals surface area contributed by atoms with Crippen molar-refractivity contribution in [2.45, 2.75) is 20.5 Å². The van der Waals surface area contributed by atoms with Gasteiger partial charge in [0.25, 0.3) is 5.24 Å². The van der Waals surface area contributed by atoms with Gasteiger partial charge in [-0.1, -0.05) is 30.3 Å². The summed E-state index contributed by atoms with van der Waals surface area (Å²) >= 11 is 5.49. The molecule has 98 valence electrons. The first kappa shape index (κ1) is 13.6. The molecular weight excluding hydrogens is 260 g/mol. The van der Waals surface area contributed by atoms with Crippen LogP contribution in [0.2, 0.25) is 0 Å². The van der Waals surface area contributed by atoms with Crippen LogP contribution in [0.5, 0.6) is 5.75 Å². The standard InChI is InChI=1S/C16H15ClO2/c1-11-8-14(16(17)18)9-12(2)15(11)19-10-13-6-4-3-5-7-13/h3-9H,10H2,1-2H3. The van der Waals surface area contributed by atoms with E-state index in [-0.39, 0.29) is 0 Å². The molecule has 0 heterocycles. The highest BCUT2D eigenvalue weighted by molar-refractivity contribution is 6.67. The molecule has 2 aromatic carbocycles. The molecule has 0 bridgehead atoms. The van der Waals surface area contributed by atoms with Crippen molar-refractivity contribution in [1.29, 1.82) is 0 Å². The first-order chi connectivity index (χ1) is 9.08. The Labute approximate surface area is 118 Å². The second-order valence-corrected chi connectivity index (χ2v) is 4.83. The third kappa shape index (κ3) is 3.36. The van der Waals surface area contributed by atoms with E-state index in [2.05, 4.69) is 0 Å². The number of rotatable bonds is 4. The molecule has 19 heavy (non-hydrogen) atoms. The van der Waals surface area contributed by atoms with Gasteiger partial charge in [-0.2, -0.15) is 0 Å². The Morgan fingerprint density at radius 2 is 1.68 bits per heavy atom. The van der Waals surface area contributed by atoms with Gasteiger partial charge in [-0.25, -0.2) is 0 Å². The van der Waals surface area contributed by atoms with Gasteiger partial charge in [0.05, 0.1) is 0 Å².